The third-order valence-corrected chi connectivity index (χ3v) is 0.607. The topological polar surface area (TPSA) is 0 Å². The minimum atomic E-state index is 0. The maximum absolute atomic E-state index is 3.77. The van der Waals surface area contributed by atoms with Crippen LogP contribution in [0.2, 0.25) is 0 Å². The van der Waals surface area contributed by atoms with E-state index in [1.165, 1.54) is 0 Å². The quantitative estimate of drug-likeness (QED) is 0.458. The van der Waals surface area contributed by atoms with Crippen LogP contribution in [0.5, 0.6) is 0 Å². The molecule has 0 aromatic heterocycles. The van der Waals surface area contributed by atoms with Gasteiger partial charge >= 0.3 is 19.5 Å². The average Bonchev–Trinajstić information content (AvgIpc) is 1.88. The number of hydrogen-bond donors (Lipinski definition) is 0. The summed E-state index contributed by atoms with van der Waals surface area (Å²) >= 11 is 0. The Morgan fingerprint density at radius 1 is 1.00 bits per heavy atom. The Morgan fingerprint density at radius 3 is 1.42 bits per heavy atom. The van der Waals surface area contributed by atoms with Crippen LogP contribution in [0.4, 0.5) is 0 Å². The normalized spacial score (nSPS) is 9.00. The molecule has 0 bridgehead atoms. The van der Waals surface area contributed by atoms with Gasteiger partial charge in [0.05, 0.1) is 0 Å². The summed E-state index contributed by atoms with van der Waals surface area (Å²) < 4.78 is 0. The van der Waals surface area contributed by atoms with Crippen molar-refractivity contribution in [3.63, 3.8) is 0 Å². The summed E-state index contributed by atoms with van der Waals surface area (Å²) in [4.78, 5) is 0. The first kappa shape index (κ1) is 14.4. The predicted molar refractivity (Wildman–Crippen MR) is 50.1 cm³/mol. The Bertz CT molecular complexity index is 129. The molecular weight excluding hydrogens is 198 g/mol. The SMILES string of the molecule is [CH2-]C(C)(C)C.[Zn+2].[c-]1ccccc1. The molecule has 0 spiro atoms. The van der Waals surface area contributed by atoms with E-state index < -0.39 is 0 Å². The van der Waals surface area contributed by atoms with Crippen molar-refractivity contribution in [3.05, 3.63) is 43.3 Å². The predicted octanol–water partition coefficient (Wildman–Crippen LogP) is 3.35. The van der Waals surface area contributed by atoms with E-state index in [2.05, 4.69) is 33.8 Å². The molecule has 0 radical (unpaired) electrons. The van der Waals surface area contributed by atoms with Crippen molar-refractivity contribution in [1.82, 2.24) is 0 Å². The minimum Gasteiger partial charge on any atom is -0.338 e. The molecule has 1 heteroatoms. The molecule has 1 aromatic carbocycles. The van der Waals surface area contributed by atoms with Gasteiger partial charge in [-0.05, 0) is 0 Å². The molecule has 0 aliphatic rings. The maximum Gasteiger partial charge on any atom is 2.00 e. The fourth-order valence-corrected chi connectivity index (χ4v) is 0.342. The third-order valence-electron chi connectivity index (χ3n) is 0.607. The molecule has 0 N–H and O–H groups in total. The van der Waals surface area contributed by atoms with Crippen molar-refractivity contribution in [1.29, 1.82) is 0 Å². The minimum absolute atomic E-state index is 0. The molecule has 0 atom stereocenters. The molecule has 1 aromatic rings. The molecule has 0 unspecified atom stereocenters. The Balaban J connectivity index is 0. The van der Waals surface area contributed by atoms with Gasteiger partial charge in [-0.2, -0.15) is 41.8 Å². The standard InChI is InChI=1S/C6H5.C5H11.Zn/c1-2-4-6-5-3-1;1-5(2,3)4;/h1-5H;1H2,2-4H3;/q2*-1;+2. The van der Waals surface area contributed by atoms with Crippen LogP contribution in [0.25, 0.3) is 0 Å². The second kappa shape index (κ2) is 7.49. The van der Waals surface area contributed by atoms with Crippen LogP contribution in [-0.2, 0) is 19.5 Å². The zero-order chi connectivity index (χ0) is 8.74. The van der Waals surface area contributed by atoms with Gasteiger partial charge in [-0.25, -0.2) is 0 Å². The van der Waals surface area contributed by atoms with Gasteiger partial charge in [0, 0.05) is 0 Å². The number of benzene rings is 1. The van der Waals surface area contributed by atoms with Crippen molar-refractivity contribution in [2.75, 3.05) is 0 Å². The summed E-state index contributed by atoms with van der Waals surface area (Å²) in [6.07, 6.45) is 0. The van der Waals surface area contributed by atoms with Gasteiger partial charge in [-0.1, -0.05) is 20.8 Å². The third kappa shape index (κ3) is 22.5. The van der Waals surface area contributed by atoms with Crippen molar-refractivity contribution in [2.24, 2.45) is 5.41 Å². The second-order valence-electron chi connectivity index (χ2n) is 3.64. The zero-order valence-electron chi connectivity index (χ0n) is 8.30. The fourth-order valence-electron chi connectivity index (χ4n) is 0.342. The smallest absolute Gasteiger partial charge is 0.338 e. The van der Waals surface area contributed by atoms with Gasteiger partial charge in [0.15, 0.2) is 0 Å². The summed E-state index contributed by atoms with van der Waals surface area (Å²) in [7, 11) is 0. The molecular formula is C11H16Zn. The summed E-state index contributed by atoms with van der Waals surface area (Å²) in [5.41, 5.74) is 0.250. The maximum atomic E-state index is 3.77. The van der Waals surface area contributed by atoms with Gasteiger partial charge in [0.2, 0.25) is 0 Å². The van der Waals surface area contributed by atoms with E-state index in [-0.39, 0.29) is 24.9 Å². The van der Waals surface area contributed by atoms with Crippen molar-refractivity contribution in [2.45, 2.75) is 20.8 Å². The molecule has 0 fully saturated rings. The monoisotopic (exact) mass is 212 g/mol. The first-order valence-electron chi connectivity index (χ1n) is 3.76. The van der Waals surface area contributed by atoms with Crippen LogP contribution in [-0.4, -0.2) is 0 Å². The summed E-state index contributed by atoms with van der Waals surface area (Å²) in [5.74, 6) is 0. The molecule has 0 nitrogen and oxygen atoms in total. The molecule has 0 aliphatic heterocycles. The van der Waals surface area contributed by atoms with Crippen LogP contribution in [0.1, 0.15) is 20.8 Å². The van der Waals surface area contributed by atoms with Crippen LogP contribution in [0.3, 0.4) is 0 Å². The van der Waals surface area contributed by atoms with E-state index in [1.54, 1.807) is 0 Å². The average molecular weight is 214 g/mol. The van der Waals surface area contributed by atoms with Crippen LogP contribution < -0.4 is 0 Å². The number of hydrogen-bond acceptors (Lipinski definition) is 0. The Morgan fingerprint density at radius 2 is 1.33 bits per heavy atom. The zero-order valence-corrected chi connectivity index (χ0v) is 11.3. The largest absolute Gasteiger partial charge is 2.00 e. The summed E-state index contributed by atoms with van der Waals surface area (Å²) in [5, 5.41) is 0. The molecule has 0 amide bonds. The molecule has 62 valence electrons. The first-order chi connectivity index (χ1) is 5.00. The molecule has 1 rings (SSSR count). The van der Waals surface area contributed by atoms with E-state index in [0.717, 1.165) is 0 Å². The Labute approximate surface area is 89.1 Å². The van der Waals surface area contributed by atoms with Gasteiger partial charge in [-0.15, -0.1) is 0 Å². The van der Waals surface area contributed by atoms with E-state index >= 15 is 0 Å². The van der Waals surface area contributed by atoms with Crippen LogP contribution in [0.15, 0.2) is 30.3 Å². The van der Waals surface area contributed by atoms with Gasteiger partial charge < -0.3 is 6.92 Å². The fraction of sp³-hybridized carbons (Fsp3) is 0.364. The molecule has 0 saturated carbocycles. The van der Waals surface area contributed by atoms with Crippen molar-refractivity contribution >= 4 is 0 Å². The molecule has 0 saturated heterocycles. The van der Waals surface area contributed by atoms with E-state index in [1.807, 2.05) is 30.3 Å². The molecule has 0 heterocycles. The van der Waals surface area contributed by atoms with Gasteiger partial charge in [-0.3, -0.25) is 0 Å². The van der Waals surface area contributed by atoms with E-state index in [9.17, 15) is 0 Å². The Hall–Kier alpha value is -0.157. The van der Waals surface area contributed by atoms with Crippen LogP contribution >= 0.6 is 0 Å². The van der Waals surface area contributed by atoms with Gasteiger partial charge in [0.25, 0.3) is 0 Å². The molecule has 0 aliphatic carbocycles. The van der Waals surface area contributed by atoms with Crippen molar-refractivity contribution < 1.29 is 19.5 Å². The van der Waals surface area contributed by atoms with Gasteiger partial charge in [0.1, 0.15) is 0 Å². The van der Waals surface area contributed by atoms with E-state index in [4.69, 9.17) is 0 Å². The molecule has 12 heavy (non-hydrogen) atoms. The number of rotatable bonds is 0. The van der Waals surface area contributed by atoms with Crippen molar-refractivity contribution in [3.8, 4) is 0 Å². The van der Waals surface area contributed by atoms with E-state index in [0.29, 0.717) is 0 Å². The summed E-state index contributed by atoms with van der Waals surface area (Å²) in [6, 6.07) is 12.5. The van der Waals surface area contributed by atoms with Crippen LogP contribution in [0, 0.1) is 18.4 Å². The Kier molecular flexibility index (Phi) is 8.97. The summed E-state index contributed by atoms with van der Waals surface area (Å²) in [6.45, 7) is 10.0. The first-order valence-corrected chi connectivity index (χ1v) is 3.76. The second-order valence-corrected chi connectivity index (χ2v) is 3.64.